The van der Waals surface area contributed by atoms with E-state index in [0.717, 1.165) is 22.0 Å². The first-order chi connectivity index (χ1) is 10.3. The molecule has 0 atom stereocenters. The molecule has 2 aromatic heterocycles. The van der Waals surface area contributed by atoms with E-state index in [1.165, 1.54) is 11.3 Å². The Labute approximate surface area is 147 Å². The van der Waals surface area contributed by atoms with Crippen molar-refractivity contribution >= 4 is 51.3 Å². The molecule has 0 aliphatic carbocycles. The lowest BCUT2D eigenvalue weighted by Gasteiger charge is -1.96. The fourth-order valence-electron chi connectivity index (χ4n) is 1.69. The Hall–Kier alpha value is -1.76. The maximum Gasteiger partial charge on any atom is 0.203 e. The second-order valence-electron chi connectivity index (χ2n) is 4.20. The van der Waals surface area contributed by atoms with Gasteiger partial charge in [-0.1, -0.05) is 29.8 Å². The van der Waals surface area contributed by atoms with E-state index in [9.17, 15) is 0 Å². The van der Waals surface area contributed by atoms with Gasteiger partial charge in [0.25, 0.3) is 0 Å². The van der Waals surface area contributed by atoms with E-state index in [1.807, 2.05) is 41.8 Å². The minimum atomic E-state index is 0. The molecule has 112 valence electrons. The van der Waals surface area contributed by atoms with E-state index in [-0.39, 0.29) is 17.0 Å². The summed E-state index contributed by atoms with van der Waals surface area (Å²) in [7, 11) is 0. The van der Waals surface area contributed by atoms with Crippen LogP contribution in [-0.4, -0.2) is 16.2 Å². The van der Waals surface area contributed by atoms with Gasteiger partial charge in [0.05, 0.1) is 11.9 Å². The van der Waals surface area contributed by atoms with Crippen LogP contribution in [0.1, 0.15) is 5.56 Å². The molecule has 0 radical (unpaired) electrons. The van der Waals surface area contributed by atoms with Crippen LogP contribution in [0.5, 0.6) is 0 Å². The van der Waals surface area contributed by atoms with Crippen molar-refractivity contribution in [2.24, 2.45) is 5.10 Å². The molecule has 0 amide bonds. The molecule has 0 fully saturated rings. The lowest BCUT2D eigenvalue weighted by Crippen LogP contribution is -1.90. The molecule has 0 aliphatic rings. The summed E-state index contributed by atoms with van der Waals surface area (Å²) >= 11 is 7.38. The van der Waals surface area contributed by atoms with Crippen LogP contribution in [0.3, 0.4) is 0 Å². The molecule has 7 heteroatoms. The fraction of sp³-hybridized carbons (Fsp3) is 0. The summed E-state index contributed by atoms with van der Waals surface area (Å²) in [5.41, 5.74) is 5.77. The van der Waals surface area contributed by atoms with Crippen molar-refractivity contribution in [3.8, 4) is 11.3 Å². The van der Waals surface area contributed by atoms with Crippen LogP contribution in [0.2, 0.25) is 5.02 Å². The molecule has 3 aromatic rings. The summed E-state index contributed by atoms with van der Waals surface area (Å²) in [6, 6.07) is 11.4. The largest absolute Gasteiger partial charge is 0.264 e. The third-order valence-electron chi connectivity index (χ3n) is 2.70. The molecule has 0 unspecified atom stereocenters. The van der Waals surface area contributed by atoms with Crippen molar-refractivity contribution in [1.29, 1.82) is 0 Å². The summed E-state index contributed by atoms with van der Waals surface area (Å²) in [6.07, 6.45) is 5.17. The molecule has 3 rings (SSSR count). The van der Waals surface area contributed by atoms with E-state index < -0.39 is 0 Å². The van der Waals surface area contributed by atoms with Gasteiger partial charge in [0, 0.05) is 33.9 Å². The van der Waals surface area contributed by atoms with Gasteiger partial charge in [0.1, 0.15) is 0 Å². The number of nitrogens with one attached hydrogen (secondary N) is 1. The maximum absolute atomic E-state index is 5.88. The van der Waals surface area contributed by atoms with Gasteiger partial charge in [0.2, 0.25) is 5.13 Å². The molecular weight excluding hydrogens is 384 g/mol. The first-order valence-electron chi connectivity index (χ1n) is 6.22. The number of hydrogen-bond donors (Lipinski definition) is 1. The molecule has 0 saturated heterocycles. The Bertz CT molecular complexity index is 744. The van der Waals surface area contributed by atoms with Crippen LogP contribution in [0.25, 0.3) is 11.3 Å². The Morgan fingerprint density at radius 1 is 1.18 bits per heavy atom. The number of benzene rings is 1. The smallest absolute Gasteiger partial charge is 0.203 e. The van der Waals surface area contributed by atoms with Crippen molar-refractivity contribution in [1.82, 2.24) is 9.97 Å². The zero-order chi connectivity index (χ0) is 14.5. The highest BCUT2D eigenvalue weighted by molar-refractivity contribution is 8.93. The number of hydrogen-bond acceptors (Lipinski definition) is 5. The first-order valence-corrected chi connectivity index (χ1v) is 7.47. The fourth-order valence-corrected chi connectivity index (χ4v) is 2.49. The Balaban J connectivity index is 0.00000176. The Kier molecular flexibility index (Phi) is 6.06. The summed E-state index contributed by atoms with van der Waals surface area (Å²) in [5, 5.41) is 7.57. The molecule has 0 spiro atoms. The third-order valence-corrected chi connectivity index (χ3v) is 3.70. The highest BCUT2D eigenvalue weighted by Crippen LogP contribution is 2.25. The number of pyridine rings is 1. The molecule has 1 aromatic carbocycles. The molecule has 22 heavy (non-hydrogen) atoms. The molecule has 2 heterocycles. The van der Waals surface area contributed by atoms with Crippen molar-refractivity contribution in [2.75, 3.05) is 5.43 Å². The SMILES string of the molecule is Br.Clc1ccc(-c2csc(N/N=C\c3cccnc3)n2)cc1. The van der Waals surface area contributed by atoms with Crippen LogP contribution in [-0.2, 0) is 0 Å². The van der Waals surface area contributed by atoms with Gasteiger partial charge in [0.15, 0.2) is 0 Å². The zero-order valence-electron chi connectivity index (χ0n) is 11.3. The molecule has 1 N–H and O–H groups in total. The topological polar surface area (TPSA) is 50.2 Å². The molecule has 0 saturated carbocycles. The van der Waals surface area contributed by atoms with Gasteiger partial charge < -0.3 is 0 Å². The number of thiazole rings is 1. The van der Waals surface area contributed by atoms with Gasteiger partial charge in [-0.05, 0) is 18.2 Å². The average Bonchev–Trinajstić information content (AvgIpc) is 2.98. The second kappa shape index (κ2) is 8.03. The predicted octanol–water partition coefficient (Wildman–Crippen LogP) is 4.88. The minimum Gasteiger partial charge on any atom is -0.264 e. The van der Waals surface area contributed by atoms with Crippen LogP contribution in [0.4, 0.5) is 5.13 Å². The number of halogens is 2. The number of anilines is 1. The summed E-state index contributed by atoms with van der Waals surface area (Å²) in [4.78, 5) is 8.49. The second-order valence-corrected chi connectivity index (χ2v) is 5.50. The molecule has 0 aliphatic heterocycles. The van der Waals surface area contributed by atoms with Crippen molar-refractivity contribution in [2.45, 2.75) is 0 Å². The summed E-state index contributed by atoms with van der Waals surface area (Å²) < 4.78 is 0. The Morgan fingerprint density at radius 3 is 2.73 bits per heavy atom. The number of rotatable bonds is 4. The van der Waals surface area contributed by atoms with Crippen LogP contribution in [0, 0.1) is 0 Å². The van der Waals surface area contributed by atoms with E-state index in [1.54, 1.807) is 18.6 Å². The number of aromatic nitrogens is 2. The van der Waals surface area contributed by atoms with Crippen molar-refractivity contribution < 1.29 is 0 Å². The summed E-state index contributed by atoms with van der Waals surface area (Å²) in [6.45, 7) is 0. The maximum atomic E-state index is 5.88. The van der Waals surface area contributed by atoms with E-state index in [2.05, 4.69) is 20.5 Å². The first kappa shape index (κ1) is 16.6. The van der Waals surface area contributed by atoms with Gasteiger partial charge in [-0.2, -0.15) is 5.10 Å². The predicted molar refractivity (Wildman–Crippen MR) is 98.3 cm³/mol. The summed E-state index contributed by atoms with van der Waals surface area (Å²) in [5.74, 6) is 0. The highest BCUT2D eigenvalue weighted by Gasteiger charge is 2.03. The van der Waals surface area contributed by atoms with E-state index in [4.69, 9.17) is 11.6 Å². The normalized spacial score (nSPS) is 10.4. The lowest BCUT2D eigenvalue weighted by atomic mass is 10.2. The lowest BCUT2D eigenvalue weighted by molar-refractivity contribution is 1.28. The van der Waals surface area contributed by atoms with Gasteiger partial charge >= 0.3 is 0 Å². The van der Waals surface area contributed by atoms with E-state index >= 15 is 0 Å². The minimum absolute atomic E-state index is 0. The van der Waals surface area contributed by atoms with Crippen LogP contribution >= 0.6 is 39.9 Å². The van der Waals surface area contributed by atoms with Crippen LogP contribution < -0.4 is 5.43 Å². The third kappa shape index (κ3) is 4.37. The zero-order valence-corrected chi connectivity index (χ0v) is 14.6. The van der Waals surface area contributed by atoms with Crippen molar-refractivity contribution in [3.05, 3.63) is 64.8 Å². The molecule has 4 nitrogen and oxygen atoms in total. The van der Waals surface area contributed by atoms with Gasteiger partial charge in [-0.3, -0.25) is 10.4 Å². The monoisotopic (exact) mass is 394 g/mol. The standard InChI is InChI=1S/C15H11ClN4S.BrH/c16-13-5-3-12(4-6-13)14-10-21-15(19-14)20-18-9-11-2-1-7-17-8-11;/h1-10H,(H,19,20);1H/b18-9-;. The van der Waals surface area contributed by atoms with Crippen LogP contribution in [0.15, 0.2) is 59.3 Å². The Morgan fingerprint density at radius 2 is 2.00 bits per heavy atom. The highest BCUT2D eigenvalue weighted by atomic mass is 79.9. The van der Waals surface area contributed by atoms with Gasteiger partial charge in [-0.25, -0.2) is 4.98 Å². The molecular formula is C15H12BrClN4S. The average molecular weight is 396 g/mol. The van der Waals surface area contributed by atoms with E-state index in [0.29, 0.717) is 5.02 Å². The van der Waals surface area contributed by atoms with Crippen molar-refractivity contribution in [3.63, 3.8) is 0 Å². The number of nitrogens with zero attached hydrogens (tertiary/aromatic N) is 3. The number of hydrazone groups is 1. The van der Waals surface area contributed by atoms with Gasteiger partial charge in [-0.15, -0.1) is 28.3 Å². The quantitative estimate of drug-likeness (QED) is 0.506. The molecule has 0 bridgehead atoms.